The predicted octanol–water partition coefficient (Wildman–Crippen LogP) is 2.05. The van der Waals surface area contributed by atoms with Crippen molar-refractivity contribution in [3.63, 3.8) is 0 Å². The number of hydrogen-bond acceptors (Lipinski definition) is 7. The van der Waals surface area contributed by atoms with E-state index in [0.29, 0.717) is 22.8 Å². The fraction of sp³-hybridized carbons (Fsp3) is 0.333. The molecule has 1 aliphatic carbocycles. The average molecular weight is 411 g/mol. The Morgan fingerprint density at radius 1 is 1.15 bits per heavy atom. The second-order valence-corrected chi connectivity index (χ2v) is 7.17. The second-order valence-electron chi connectivity index (χ2n) is 6.40. The number of aromatic nitrogens is 2. The number of rotatable bonds is 5. The topological polar surface area (TPSA) is 125 Å². The summed E-state index contributed by atoms with van der Waals surface area (Å²) in [4.78, 5) is 8.14. The van der Waals surface area contributed by atoms with Crippen LogP contribution in [-0.2, 0) is 0 Å². The van der Waals surface area contributed by atoms with Crippen LogP contribution in [0.1, 0.15) is 17.5 Å². The highest BCUT2D eigenvalue weighted by Crippen LogP contribution is 2.32. The number of aliphatic hydroxyl groups excluding tert-OH is 3. The van der Waals surface area contributed by atoms with E-state index >= 15 is 0 Å². The highest BCUT2D eigenvalue weighted by atomic mass is 35.5. The van der Waals surface area contributed by atoms with Gasteiger partial charge in [-0.3, -0.25) is 0 Å². The Morgan fingerprint density at radius 3 is 2.56 bits per heavy atom. The second kappa shape index (κ2) is 8.41. The molecule has 0 amide bonds. The van der Waals surface area contributed by atoms with Gasteiger partial charge >= 0.3 is 0 Å². The van der Waals surface area contributed by atoms with Crippen molar-refractivity contribution < 1.29 is 15.3 Å². The predicted molar refractivity (Wildman–Crippen MR) is 106 cm³/mol. The Labute approximate surface area is 166 Å². The molecular weight excluding hydrogens is 391 g/mol. The van der Waals surface area contributed by atoms with Gasteiger partial charge in [-0.15, -0.1) is 0 Å². The van der Waals surface area contributed by atoms with Crippen LogP contribution >= 0.6 is 23.2 Å². The molecular formula is C18H20Cl2N4O3. The number of nitrogens with zero attached hydrogens (tertiary/aromatic N) is 2. The molecule has 0 bridgehead atoms. The van der Waals surface area contributed by atoms with Gasteiger partial charge in [0.2, 0.25) is 5.95 Å². The monoisotopic (exact) mass is 410 g/mol. The lowest BCUT2D eigenvalue weighted by atomic mass is 10.1. The zero-order valence-corrected chi connectivity index (χ0v) is 15.8. The maximum absolute atomic E-state index is 10.2. The molecule has 7 nitrogen and oxygen atoms in total. The van der Waals surface area contributed by atoms with Crippen molar-refractivity contribution >= 4 is 47.1 Å². The van der Waals surface area contributed by atoms with Crippen LogP contribution in [0.4, 0.5) is 11.8 Å². The third-order valence-corrected chi connectivity index (χ3v) is 5.24. The van der Waals surface area contributed by atoms with E-state index in [1.807, 2.05) is 18.2 Å². The van der Waals surface area contributed by atoms with Gasteiger partial charge < -0.3 is 26.4 Å². The molecule has 1 fully saturated rings. The summed E-state index contributed by atoms with van der Waals surface area (Å²) in [5.74, 6) is -0.121. The summed E-state index contributed by atoms with van der Waals surface area (Å²) in [6.07, 6.45) is 1.76. The van der Waals surface area contributed by atoms with Crippen LogP contribution in [0.15, 0.2) is 24.3 Å². The fourth-order valence-electron chi connectivity index (χ4n) is 3.12. The maximum Gasteiger partial charge on any atom is 0.223 e. The quantitative estimate of drug-likeness (QED) is 0.477. The van der Waals surface area contributed by atoms with E-state index in [4.69, 9.17) is 28.9 Å². The zero-order valence-electron chi connectivity index (χ0n) is 14.3. The third kappa shape index (κ3) is 4.34. The van der Waals surface area contributed by atoms with Crippen molar-refractivity contribution in [3.8, 4) is 0 Å². The minimum atomic E-state index is -1.06. The highest BCUT2D eigenvalue weighted by molar-refractivity contribution is 6.32. The van der Waals surface area contributed by atoms with Crippen LogP contribution in [-0.4, -0.2) is 50.1 Å². The maximum atomic E-state index is 10.2. The first kappa shape index (κ1) is 19.9. The van der Waals surface area contributed by atoms with Crippen LogP contribution in [0.25, 0.3) is 12.2 Å². The van der Waals surface area contributed by atoms with Crippen molar-refractivity contribution in [1.82, 2.24) is 9.97 Å². The van der Waals surface area contributed by atoms with Gasteiger partial charge in [0, 0.05) is 17.5 Å². The molecule has 144 valence electrons. The van der Waals surface area contributed by atoms with E-state index in [-0.39, 0.29) is 17.7 Å². The van der Waals surface area contributed by atoms with Crippen molar-refractivity contribution in [2.45, 2.75) is 24.7 Å². The van der Waals surface area contributed by atoms with E-state index in [1.165, 1.54) is 0 Å². The van der Waals surface area contributed by atoms with Gasteiger partial charge in [-0.2, -0.15) is 4.98 Å². The molecule has 27 heavy (non-hydrogen) atoms. The van der Waals surface area contributed by atoms with Crippen LogP contribution in [0, 0.1) is 5.92 Å². The smallest absolute Gasteiger partial charge is 0.223 e. The summed E-state index contributed by atoms with van der Waals surface area (Å²) < 4.78 is 0. The lowest BCUT2D eigenvalue weighted by Crippen LogP contribution is -2.35. The lowest BCUT2D eigenvalue weighted by Gasteiger charge is -2.20. The minimum absolute atomic E-state index is 0.0239. The van der Waals surface area contributed by atoms with Crippen molar-refractivity contribution in [3.05, 3.63) is 45.6 Å². The number of benzene rings is 1. The molecule has 0 aliphatic heterocycles. The van der Waals surface area contributed by atoms with Crippen molar-refractivity contribution in [2.75, 3.05) is 17.7 Å². The summed E-state index contributed by atoms with van der Waals surface area (Å²) in [6, 6.07) is 6.79. The number of nitrogens with two attached hydrogens (primary N) is 1. The third-order valence-electron chi connectivity index (χ3n) is 4.61. The van der Waals surface area contributed by atoms with Gasteiger partial charge in [-0.25, -0.2) is 4.98 Å². The number of anilines is 2. The zero-order chi connectivity index (χ0) is 19.6. The SMILES string of the molecule is Nc1nc(Cl)c(C=Cc2ccccc2Cl)c(NC2CC(CO)C(O)C2O)n1. The summed E-state index contributed by atoms with van der Waals surface area (Å²) in [6.45, 7) is -0.220. The number of halogens is 2. The first-order chi connectivity index (χ1) is 12.9. The number of hydrogen-bond donors (Lipinski definition) is 5. The summed E-state index contributed by atoms with van der Waals surface area (Å²) in [5, 5.41) is 33.3. The normalized spacial score (nSPS) is 25.2. The Bertz CT molecular complexity index is 849. The number of aliphatic hydroxyl groups is 3. The number of nitrogen functional groups attached to an aromatic ring is 1. The molecule has 4 atom stereocenters. The first-order valence-corrected chi connectivity index (χ1v) is 9.15. The highest BCUT2D eigenvalue weighted by Gasteiger charge is 2.41. The Balaban J connectivity index is 1.91. The molecule has 4 unspecified atom stereocenters. The first-order valence-electron chi connectivity index (χ1n) is 8.40. The lowest BCUT2D eigenvalue weighted by molar-refractivity contribution is 0.00445. The molecule has 0 spiro atoms. The Hall–Kier alpha value is -1.90. The molecule has 1 saturated carbocycles. The van der Waals surface area contributed by atoms with Gasteiger partial charge in [0.15, 0.2) is 0 Å². The van der Waals surface area contributed by atoms with Crippen LogP contribution in [0.3, 0.4) is 0 Å². The van der Waals surface area contributed by atoms with Gasteiger partial charge in [0.1, 0.15) is 17.1 Å². The van der Waals surface area contributed by atoms with Crippen molar-refractivity contribution in [1.29, 1.82) is 0 Å². The molecule has 3 rings (SSSR count). The molecule has 2 aromatic rings. The Morgan fingerprint density at radius 2 is 1.89 bits per heavy atom. The fourth-order valence-corrected chi connectivity index (χ4v) is 3.56. The molecule has 6 N–H and O–H groups in total. The molecule has 0 saturated heterocycles. The van der Waals surface area contributed by atoms with E-state index in [1.54, 1.807) is 18.2 Å². The molecule has 1 heterocycles. The van der Waals surface area contributed by atoms with Gasteiger partial charge in [-0.05, 0) is 24.1 Å². The van der Waals surface area contributed by atoms with Crippen LogP contribution in [0.5, 0.6) is 0 Å². The molecule has 9 heteroatoms. The largest absolute Gasteiger partial charge is 0.396 e. The average Bonchev–Trinajstić information content (AvgIpc) is 2.90. The molecule has 0 radical (unpaired) electrons. The minimum Gasteiger partial charge on any atom is -0.396 e. The van der Waals surface area contributed by atoms with Crippen LogP contribution < -0.4 is 11.1 Å². The van der Waals surface area contributed by atoms with Gasteiger partial charge in [0.05, 0.1) is 17.7 Å². The van der Waals surface area contributed by atoms with Gasteiger partial charge in [0.25, 0.3) is 0 Å². The molecule has 1 aromatic carbocycles. The van der Waals surface area contributed by atoms with E-state index in [2.05, 4.69) is 15.3 Å². The summed E-state index contributed by atoms with van der Waals surface area (Å²) in [7, 11) is 0. The summed E-state index contributed by atoms with van der Waals surface area (Å²) >= 11 is 12.4. The van der Waals surface area contributed by atoms with Gasteiger partial charge in [-0.1, -0.05) is 47.5 Å². The van der Waals surface area contributed by atoms with Crippen molar-refractivity contribution in [2.24, 2.45) is 5.92 Å². The van der Waals surface area contributed by atoms with E-state index in [0.717, 1.165) is 5.56 Å². The Kier molecular flexibility index (Phi) is 6.18. The van der Waals surface area contributed by atoms with E-state index in [9.17, 15) is 15.3 Å². The standard InChI is InChI=1S/C18H20Cl2N4O3/c19-12-4-2-1-3-9(12)5-6-11-16(20)23-18(21)24-17(11)22-13-7-10(8-25)14(26)15(13)27/h1-6,10,13-15,25-27H,7-8H2,(H3,21,22,23,24). The summed E-state index contributed by atoms with van der Waals surface area (Å²) in [5.41, 5.74) is 6.96. The molecule has 1 aliphatic rings. The van der Waals surface area contributed by atoms with E-state index < -0.39 is 24.2 Å². The van der Waals surface area contributed by atoms with Crippen LogP contribution in [0.2, 0.25) is 10.2 Å². The molecule has 1 aromatic heterocycles. The number of nitrogens with one attached hydrogen (secondary N) is 1.